The summed E-state index contributed by atoms with van der Waals surface area (Å²) in [7, 11) is -2.24. The summed E-state index contributed by atoms with van der Waals surface area (Å²) in [6, 6.07) is 5.83. The number of ether oxygens (including phenoxy) is 1. The van der Waals surface area contributed by atoms with E-state index in [1.165, 1.54) is 50.6 Å². The van der Waals surface area contributed by atoms with Gasteiger partial charge in [-0.3, -0.25) is 0 Å². The maximum absolute atomic E-state index is 12.4. The number of sulfonamides is 1. The number of esters is 1. The zero-order valence-corrected chi connectivity index (χ0v) is 13.7. The van der Waals surface area contributed by atoms with Crippen LogP contribution in [-0.4, -0.2) is 27.5 Å². The van der Waals surface area contributed by atoms with Gasteiger partial charge in [-0.2, -0.15) is 0 Å². The summed E-state index contributed by atoms with van der Waals surface area (Å²) in [6.07, 6.45) is 7.49. The van der Waals surface area contributed by atoms with Crippen LogP contribution in [0.5, 0.6) is 0 Å². The number of methoxy groups -OCH3 is 1. The van der Waals surface area contributed by atoms with Gasteiger partial charge in [0.1, 0.15) is 0 Å². The lowest BCUT2D eigenvalue weighted by Gasteiger charge is -2.21. The average Bonchev–Trinajstić information content (AvgIpc) is 2.49. The molecule has 0 bridgehead atoms. The predicted octanol–water partition coefficient (Wildman–Crippen LogP) is 2.86. The van der Waals surface area contributed by atoms with Crippen molar-refractivity contribution in [2.24, 2.45) is 0 Å². The Morgan fingerprint density at radius 2 is 1.59 bits per heavy atom. The number of hydrogen-bond donors (Lipinski definition) is 1. The third-order valence-electron chi connectivity index (χ3n) is 4.01. The Labute approximate surface area is 132 Å². The van der Waals surface area contributed by atoms with Gasteiger partial charge in [0, 0.05) is 6.04 Å². The SMILES string of the molecule is COC(=O)c1ccc(S(=O)(=O)NC2CCCCCCC2)cc1. The van der Waals surface area contributed by atoms with Crippen molar-refractivity contribution in [3.8, 4) is 0 Å². The highest BCUT2D eigenvalue weighted by Gasteiger charge is 2.21. The second-order valence-electron chi connectivity index (χ2n) is 5.68. The van der Waals surface area contributed by atoms with Crippen LogP contribution >= 0.6 is 0 Å². The smallest absolute Gasteiger partial charge is 0.337 e. The summed E-state index contributed by atoms with van der Waals surface area (Å²) in [5.41, 5.74) is 0.340. The zero-order chi connectivity index (χ0) is 16.0. The minimum Gasteiger partial charge on any atom is -0.465 e. The van der Waals surface area contributed by atoms with Crippen molar-refractivity contribution in [1.29, 1.82) is 0 Å². The largest absolute Gasteiger partial charge is 0.465 e. The standard InChI is InChI=1S/C16H23NO4S/c1-21-16(18)13-9-11-15(12-10-13)22(19,20)17-14-7-5-3-2-4-6-8-14/h9-12,14,17H,2-8H2,1H3. The van der Waals surface area contributed by atoms with Gasteiger partial charge >= 0.3 is 5.97 Å². The molecule has 1 fully saturated rings. The fraction of sp³-hybridized carbons (Fsp3) is 0.562. The van der Waals surface area contributed by atoms with Gasteiger partial charge in [0.15, 0.2) is 0 Å². The van der Waals surface area contributed by atoms with E-state index in [0.717, 1.165) is 25.7 Å². The first-order valence-corrected chi connectivity index (χ1v) is 9.22. The average molecular weight is 325 g/mol. The van der Waals surface area contributed by atoms with E-state index in [9.17, 15) is 13.2 Å². The molecule has 0 amide bonds. The topological polar surface area (TPSA) is 72.5 Å². The van der Waals surface area contributed by atoms with E-state index < -0.39 is 16.0 Å². The Kier molecular flexibility index (Phi) is 5.97. The molecule has 1 saturated carbocycles. The van der Waals surface area contributed by atoms with Crippen molar-refractivity contribution in [2.75, 3.05) is 7.11 Å². The Hall–Kier alpha value is -1.40. The fourth-order valence-corrected chi connectivity index (χ4v) is 4.05. The van der Waals surface area contributed by atoms with Gasteiger partial charge in [-0.25, -0.2) is 17.9 Å². The van der Waals surface area contributed by atoms with Crippen molar-refractivity contribution in [1.82, 2.24) is 4.72 Å². The number of carbonyl (C=O) groups is 1. The van der Waals surface area contributed by atoms with E-state index in [1.807, 2.05) is 0 Å². The lowest BCUT2D eigenvalue weighted by molar-refractivity contribution is 0.0600. The van der Waals surface area contributed by atoms with Crippen LogP contribution in [0.4, 0.5) is 0 Å². The van der Waals surface area contributed by atoms with Crippen LogP contribution in [0.25, 0.3) is 0 Å². The first-order valence-electron chi connectivity index (χ1n) is 7.73. The molecule has 0 aromatic heterocycles. The number of hydrogen-bond acceptors (Lipinski definition) is 4. The van der Waals surface area contributed by atoms with Gasteiger partial charge in [0.25, 0.3) is 0 Å². The van der Waals surface area contributed by atoms with Gasteiger partial charge in [0.05, 0.1) is 17.6 Å². The van der Waals surface area contributed by atoms with Gasteiger partial charge in [0.2, 0.25) is 10.0 Å². The van der Waals surface area contributed by atoms with Crippen molar-refractivity contribution in [3.63, 3.8) is 0 Å². The van der Waals surface area contributed by atoms with Crippen molar-refractivity contribution >= 4 is 16.0 Å². The summed E-state index contributed by atoms with van der Waals surface area (Å²) in [4.78, 5) is 11.6. The molecule has 2 rings (SSSR count). The van der Waals surface area contributed by atoms with Crippen molar-refractivity contribution < 1.29 is 17.9 Å². The Bertz CT molecular complexity index is 587. The third-order valence-corrected chi connectivity index (χ3v) is 5.55. The van der Waals surface area contributed by atoms with E-state index in [0.29, 0.717) is 5.56 Å². The molecule has 0 spiro atoms. The van der Waals surface area contributed by atoms with Crippen molar-refractivity contribution in [2.45, 2.75) is 55.9 Å². The van der Waals surface area contributed by atoms with E-state index in [2.05, 4.69) is 9.46 Å². The molecule has 1 N–H and O–H groups in total. The van der Waals surface area contributed by atoms with E-state index in [-0.39, 0.29) is 10.9 Å². The predicted molar refractivity (Wildman–Crippen MR) is 84.2 cm³/mol. The molecule has 0 radical (unpaired) electrons. The second kappa shape index (κ2) is 7.74. The Balaban J connectivity index is 2.07. The summed E-state index contributed by atoms with van der Waals surface area (Å²) in [5.74, 6) is -0.475. The molecule has 0 unspecified atom stereocenters. The molecule has 0 atom stereocenters. The molecule has 0 saturated heterocycles. The zero-order valence-electron chi connectivity index (χ0n) is 12.9. The maximum Gasteiger partial charge on any atom is 0.337 e. The van der Waals surface area contributed by atoms with E-state index in [4.69, 9.17) is 0 Å². The molecule has 0 aliphatic heterocycles. The van der Waals surface area contributed by atoms with Gasteiger partial charge in [-0.05, 0) is 37.1 Å². The van der Waals surface area contributed by atoms with Crippen molar-refractivity contribution in [3.05, 3.63) is 29.8 Å². The summed E-state index contributed by atoms with van der Waals surface area (Å²) < 4.78 is 32.2. The van der Waals surface area contributed by atoms with Crippen LogP contribution in [0.2, 0.25) is 0 Å². The van der Waals surface area contributed by atoms with Crippen LogP contribution in [-0.2, 0) is 14.8 Å². The molecule has 1 aromatic carbocycles. The van der Waals surface area contributed by atoms with Crippen LogP contribution in [0, 0.1) is 0 Å². The van der Waals surface area contributed by atoms with Gasteiger partial charge in [-0.1, -0.05) is 32.1 Å². The normalized spacial score (nSPS) is 17.5. The molecular weight excluding hydrogens is 302 g/mol. The molecule has 1 aliphatic carbocycles. The first kappa shape index (κ1) is 17.0. The minimum atomic E-state index is -3.54. The highest BCUT2D eigenvalue weighted by atomic mass is 32.2. The first-order chi connectivity index (χ1) is 10.5. The Morgan fingerprint density at radius 3 is 2.14 bits per heavy atom. The van der Waals surface area contributed by atoms with Gasteiger partial charge < -0.3 is 4.74 Å². The highest BCUT2D eigenvalue weighted by Crippen LogP contribution is 2.19. The molecule has 22 heavy (non-hydrogen) atoms. The van der Waals surface area contributed by atoms with Crippen LogP contribution in [0.3, 0.4) is 0 Å². The summed E-state index contributed by atoms with van der Waals surface area (Å²) >= 11 is 0. The van der Waals surface area contributed by atoms with Gasteiger partial charge in [-0.15, -0.1) is 0 Å². The summed E-state index contributed by atoms with van der Waals surface area (Å²) in [5, 5.41) is 0. The number of benzene rings is 1. The fourth-order valence-electron chi connectivity index (χ4n) is 2.75. The molecule has 6 heteroatoms. The molecule has 1 aromatic rings. The molecule has 1 aliphatic rings. The number of rotatable bonds is 4. The number of carbonyl (C=O) groups excluding carboxylic acids is 1. The van der Waals surface area contributed by atoms with E-state index in [1.54, 1.807) is 0 Å². The maximum atomic E-state index is 12.4. The molecule has 122 valence electrons. The van der Waals surface area contributed by atoms with Crippen LogP contribution in [0.15, 0.2) is 29.2 Å². The highest BCUT2D eigenvalue weighted by molar-refractivity contribution is 7.89. The lowest BCUT2D eigenvalue weighted by Crippen LogP contribution is -2.35. The monoisotopic (exact) mass is 325 g/mol. The number of nitrogens with one attached hydrogen (secondary N) is 1. The quantitative estimate of drug-likeness (QED) is 0.864. The third kappa shape index (κ3) is 4.55. The van der Waals surface area contributed by atoms with E-state index >= 15 is 0 Å². The Morgan fingerprint density at radius 1 is 1.05 bits per heavy atom. The molecule has 0 heterocycles. The second-order valence-corrected chi connectivity index (χ2v) is 7.39. The molecule has 5 nitrogen and oxygen atoms in total. The van der Waals surface area contributed by atoms with Crippen LogP contribution in [0.1, 0.15) is 55.3 Å². The lowest BCUT2D eigenvalue weighted by atomic mass is 9.97. The minimum absolute atomic E-state index is 0.00517. The molecular formula is C16H23NO4S. The summed E-state index contributed by atoms with van der Waals surface area (Å²) in [6.45, 7) is 0. The van der Waals surface area contributed by atoms with Crippen LogP contribution < -0.4 is 4.72 Å².